The summed E-state index contributed by atoms with van der Waals surface area (Å²) in [6, 6.07) is 10.6. The molecule has 2 fully saturated rings. The van der Waals surface area contributed by atoms with Crippen LogP contribution in [0.2, 0.25) is 0 Å². The number of halogens is 1. The zero-order valence-electron chi connectivity index (χ0n) is 14.2. The quantitative estimate of drug-likeness (QED) is 0.293. The van der Waals surface area contributed by atoms with Crippen LogP contribution in [0.25, 0.3) is 0 Å². The van der Waals surface area contributed by atoms with Gasteiger partial charge in [0, 0.05) is 6.54 Å². The Hall–Kier alpha value is -0.860. The molecule has 2 aliphatic heterocycles. The highest BCUT2D eigenvalue weighted by molar-refractivity contribution is 14.0. The first-order valence-electron chi connectivity index (χ1n) is 8.67. The van der Waals surface area contributed by atoms with Crippen molar-refractivity contribution in [3.63, 3.8) is 0 Å². The summed E-state index contributed by atoms with van der Waals surface area (Å²) in [5.74, 6) is 0.872. The minimum atomic E-state index is 0. The van der Waals surface area contributed by atoms with E-state index in [4.69, 9.17) is 9.47 Å². The molecule has 0 amide bonds. The summed E-state index contributed by atoms with van der Waals surface area (Å²) in [4.78, 5) is 4.61. The van der Waals surface area contributed by atoms with Crippen LogP contribution < -0.4 is 10.6 Å². The van der Waals surface area contributed by atoms with Crippen molar-refractivity contribution >= 4 is 29.9 Å². The molecule has 3 rings (SSSR count). The second-order valence-corrected chi connectivity index (χ2v) is 6.16. The Morgan fingerprint density at radius 2 is 2.12 bits per heavy atom. The van der Waals surface area contributed by atoms with Crippen molar-refractivity contribution in [2.45, 2.75) is 51.0 Å². The third-order valence-corrected chi connectivity index (χ3v) is 4.39. The van der Waals surface area contributed by atoms with E-state index in [0.29, 0.717) is 38.0 Å². The van der Waals surface area contributed by atoms with Gasteiger partial charge in [0.2, 0.25) is 0 Å². The maximum absolute atomic E-state index is 5.89. The number of rotatable bonds is 7. The summed E-state index contributed by atoms with van der Waals surface area (Å²) in [6.07, 6.45) is 4.29. The predicted molar refractivity (Wildman–Crippen MR) is 107 cm³/mol. The molecular weight excluding hydrogens is 417 g/mol. The van der Waals surface area contributed by atoms with Gasteiger partial charge in [-0.1, -0.05) is 30.3 Å². The van der Waals surface area contributed by atoms with Gasteiger partial charge in [0.15, 0.2) is 5.96 Å². The summed E-state index contributed by atoms with van der Waals surface area (Å²) in [7, 11) is 0. The molecule has 0 aliphatic carbocycles. The Bertz CT molecular complexity index is 512. The highest BCUT2D eigenvalue weighted by Crippen LogP contribution is 2.34. The average molecular weight is 445 g/mol. The molecule has 1 aromatic rings. The highest BCUT2D eigenvalue weighted by atomic mass is 127. The Kier molecular flexibility index (Phi) is 8.28. The predicted octanol–water partition coefficient (Wildman–Crippen LogP) is 2.70. The monoisotopic (exact) mass is 445 g/mol. The van der Waals surface area contributed by atoms with Crippen LogP contribution in [0.4, 0.5) is 0 Å². The smallest absolute Gasteiger partial charge is 0.191 e. The molecule has 6 heteroatoms. The topological polar surface area (TPSA) is 54.9 Å². The van der Waals surface area contributed by atoms with Crippen molar-refractivity contribution in [3.05, 3.63) is 35.9 Å². The molecule has 2 bridgehead atoms. The number of hydrogen-bond donors (Lipinski definition) is 2. The number of nitrogens with one attached hydrogen (secondary N) is 2. The van der Waals surface area contributed by atoms with Gasteiger partial charge in [0.25, 0.3) is 0 Å². The molecule has 5 nitrogen and oxygen atoms in total. The van der Waals surface area contributed by atoms with E-state index < -0.39 is 0 Å². The maximum Gasteiger partial charge on any atom is 0.191 e. The van der Waals surface area contributed by atoms with Gasteiger partial charge in [-0.15, -0.1) is 24.0 Å². The van der Waals surface area contributed by atoms with Gasteiger partial charge in [0.1, 0.15) is 0 Å². The lowest BCUT2D eigenvalue weighted by molar-refractivity contribution is 0.0992. The summed E-state index contributed by atoms with van der Waals surface area (Å²) in [5, 5.41) is 6.82. The van der Waals surface area contributed by atoms with Gasteiger partial charge in [-0.2, -0.15) is 0 Å². The van der Waals surface area contributed by atoms with E-state index in [1.807, 2.05) is 18.2 Å². The largest absolute Gasteiger partial charge is 0.375 e. The van der Waals surface area contributed by atoms with E-state index in [9.17, 15) is 0 Å². The maximum atomic E-state index is 5.89. The molecule has 3 unspecified atom stereocenters. The van der Waals surface area contributed by atoms with Crippen LogP contribution >= 0.6 is 24.0 Å². The van der Waals surface area contributed by atoms with Crippen LogP contribution in [-0.4, -0.2) is 43.9 Å². The number of ether oxygens (including phenoxy) is 2. The molecule has 2 saturated heterocycles. The van der Waals surface area contributed by atoms with Crippen molar-refractivity contribution in [3.8, 4) is 0 Å². The first-order chi connectivity index (χ1) is 11.3. The van der Waals surface area contributed by atoms with Crippen molar-refractivity contribution in [1.29, 1.82) is 0 Å². The minimum absolute atomic E-state index is 0. The molecule has 24 heavy (non-hydrogen) atoms. The standard InChI is InChI=1S/C18H27N3O2.HI/c1-2-19-18(21-16-12-15-8-9-17(16)23-15)20-10-11-22-13-14-6-4-3-5-7-14;/h3-7,15-17H,2,8-13H2,1H3,(H2,19,20,21);1H. The number of fused-ring (bicyclic) bond motifs is 2. The van der Waals surface area contributed by atoms with Crippen LogP contribution in [0.1, 0.15) is 31.7 Å². The molecule has 0 aromatic heterocycles. The molecule has 0 saturated carbocycles. The number of guanidine groups is 1. The van der Waals surface area contributed by atoms with E-state index in [0.717, 1.165) is 18.9 Å². The lowest BCUT2D eigenvalue weighted by Crippen LogP contribution is -2.47. The van der Waals surface area contributed by atoms with Crippen LogP contribution in [0, 0.1) is 0 Å². The van der Waals surface area contributed by atoms with Crippen LogP contribution in [0.5, 0.6) is 0 Å². The third-order valence-electron chi connectivity index (χ3n) is 4.39. The second-order valence-electron chi connectivity index (χ2n) is 6.16. The Morgan fingerprint density at radius 1 is 1.29 bits per heavy atom. The van der Waals surface area contributed by atoms with Gasteiger partial charge in [-0.3, -0.25) is 4.99 Å². The van der Waals surface area contributed by atoms with Gasteiger partial charge in [-0.05, 0) is 31.7 Å². The SMILES string of the molecule is CCNC(=NCCOCc1ccccc1)NC1CC2CCC1O2.I. The number of nitrogens with zero attached hydrogens (tertiary/aromatic N) is 1. The van der Waals surface area contributed by atoms with Gasteiger partial charge in [-0.25, -0.2) is 0 Å². The van der Waals surface area contributed by atoms with Crippen molar-refractivity contribution in [1.82, 2.24) is 10.6 Å². The molecule has 2 heterocycles. The van der Waals surface area contributed by atoms with Gasteiger partial charge >= 0.3 is 0 Å². The van der Waals surface area contributed by atoms with Crippen molar-refractivity contribution in [2.24, 2.45) is 4.99 Å². The molecule has 2 N–H and O–H groups in total. The fourth-order valence-electron chi connectivity index (χ4n) is 3.27. The number of aliphatic imine (C=N–C) groups is 1. The first kappa shape index (κ1) is 19.5. The van der Waals surface area contributed by atoms with Crippen LogP contribution in [0.15, 0.2) is 35.3 Å². The molecule has 1 aromatic carbocycles. The lowest BCUT2D eigenvalue weighted by atomic mass is 9.96. The molecule has 0 radical (unpaired) electrons. The van der Waals surface area contributed by atoms with E-state index in [2.05, 4.69) is 34.7 Å². The second kappa shape index (κ2) is 10.2. The van der Waals surface area contributed by atoms with Crippen molar-refractivity contribution in [2.75, 3.05) is 19.7 Å². The normalized spacial score (nSPS) is 25.4. The zero-order chi connectivity index (χ0) is 15.9. The Morgan fingerprint density at radius 3 is 2.79 bits per heavy atom. The van der Waals surface area contributed by atoms with E-state index in [1.165, 1.54) is 18.4 Å². The molecule has 0 spiro atoms. The summed E-state index contributed by atoms with van der Waals surface area (Å²) >= 11 is 0. The van der Waals surface area contributed by atoms with Crippen LogP contribution in [0.3, 0.4) is 0 Å². The molecule has 134 valence electrons. The summed E-state index contributed by atoms with van der Waals surface area (Å²) < 4.78 is 11.6. The van der Waals surface area contributed by atoms with Gasteiger partial charge in [0.05, 0.1) is 38.0 Å². The minimum Gasteiger partial charge on any atom is -0.375 e. The van der Waals surface area contributed by atoms with Gasteiger partial charge < -0.3 is 20.1 Å². The summed E-state index contributed by atoms with van der Waals surface area (Å²) in [5.41, 5.74) is 1.20. The molecular formula is C18H28IN3O2. The van der Waals surface area contributed by atoms with E-state index in [-0.39, 0.29) is 24.0 Å². The number of benzene rings is 1. The fraction of sp³-hybridized carbons (Fsp3) is 0.611. The first-order valence-corrected chi connectivity index (χ1v) is 8.67. The van der Waals surface area contributed by atoms with E-state index in [1.54, 1.807) is 0 Å². The lowest BCUT2D eigenvalue weighted by Gasteiger charge is -2.22. The Balaban J connectivity index is 0.00000208. The molecule has 2 aliphatic rings. The third kappa shape index (κ3) is 5.60. The average Bonchev–Trinajstić information content (AvgIpc) is 3.18. The van der Waals surface area contributed by atoms with Crippen LogP contribution in [-0.2, 0) is 16.1 Å². The zero-order valence-corrected chi connectivity index (χ0v) is 16.6. The fourth-order valence-corrected chi connectivity index (χ4v) is 3.27. The van der Waals surface area contributed by atoms with Crippen molar-refractivity contribution < 1.29 is 9.47 Å². The molecule has 3 atom stereocenters. The number of hydrogen-bond acceptors (Lipinski definition) is 3. The Labute approximate surface area is 161 Å². The highest BCUT2D eigenvalue weighted by Gasteiger charge is 2.41. The summed E-state index contributed by atoms with van der Waals surface area (Å²) in [6.45, 7) is 4.86. The van der Waals surface area contributed by atoms with E-state index >= 15 is 0 Å².